The average Bonchev–Trinajstić information content (AvgIpc) is 2.57. The van der Waals surface area contributed by atoms with Gasteiger partial charge in [0.15, 0.2) is 0 Å². The minimum absolute atomic E-state index is 0.201. The van der Waals surface area contributed by atoms with Crippen LogP contribution in [0.3, 0.4) is 0 Å². The van der Waals surface area contributed by atoms with E-state index in [1.807, 2.05) is 38.2 Å². The van der Waals surface area contributed by atoms with Crippen LogP contribution in [-0.2, 0) is 13.6 Å². The quantitative estimate of drug-likeness (QED) is 0.643. The summed E-state index contributed by atoms with van der Waals surface area (Å²) in [6.07, 6.45) is 7.39. The van der Waals surface area contributed by atoms with Crippen molar-refractivity contribution >= 4 is 7.60 Å². The largest absolute Gasteiger partial charge is 0.341 e. The van der Waals surface area contributed by atoms with Gasteiger partial charge in [0.2, 0.25) is 0 Å². The third-order valence-electron chi connectivity index (χ3n) is 1.71. The van der Waals surface area contributed by atoms with Crippen LogP contribution in [0, 0.1) is 0 Å². The highest BCUT2D eigenvalue weighted by atomic mass is 31.2. The van der Waals surface area contributed by atoms with E-state index in [2.05, 4.69) is 0 Å². The summed E-state index contributed by atoms with van der Waals surface area (Å²) in [7, 11) is -2.94. The molecule has 0 aromatic carbocycles. The summed E-state index contributed by atoms with van der Waals surface area (Å²) >= 11 is 0. The first-order valence-electron chi connectivity index (χ1n) is 4.46. The fraction of sp³-hybridized carbons (Fsp3) is 0.556. The van der Waals surface area contributed by atoms with Crippen LogP contribution in [0.5, 0.6) is 0 Å². The SMILES string of the molecule is CCOP(=O)(OCC)C1C=CC=C1. The number of allylic oxidation sites excluding steroid dienone is 4. The molecule has 0 spiro atoms. The monoisotopic (exact) mass is 202 g/mol. The second-order valence-corrected chi connectivity index (χ2v) is 4.83. The summed E-state index contributed by atoms with van der Waals surface area (Å²) in [5, 5.41) is 0. The van der Waals surface area contributed by atoms with Crippen molar-refractivity contribution in [3.8, 4) is 0 Å². The highest BCUT2D eigenvalue weighted by molar-refractivity contribution is 7.55. The Morgan fingerprint density at radius 1 is 1.15 bits per heavy atom. The minimum atomic E-state index is -2.94. The maximum atomic E-state index is 12.1. The summed E-state index contributed by atoms with van der Waals surface area (Å²) in [4.78, 5) is 0. The van der Waals surface area contributed by atoms with Gasteiger partial charge in [-0.05, 0) is 13.8 Å². The first-order valence-corrected chi connectivity index (χ1v) is 6.08. The van der Waals surface area contributed by atoms with Gasteiger partial charge >= 0.3 is 7.60 Å². The van der Waals surface area contributed by atoms with Gasteiger partial charge in [0.25, 0.3) is 0 Å². The van der Waals surface area contributed by atoms with E-state index in [9.17, 15) is 4.57 Å². The molecule has 0 atom stereocenters. The van der Waals surface area contributed by atoms with Crippen molar-refractivity contribution in [3.05, 3.63) is 24.3 Å². The lowest BCUT2D eigenvalue weighted by atomic mass is 10.5. The molecule has 0 saturated carbocycles. The van der Waals surface area contributed by atoms with Crippen molar-refractivity contribution in [2.24, 2.45) is 0 Å². The van der Waals surface area contributed by atoms with E-state index < -0.39 is 7.60 Å². The van der Waals surface area contributed by atoms with Crippen LogP contribution in [0.2, 0.25) is 0 Å². The van der Waals surface area contributed by atoms with E-state index >= 15 is 0 Å². The van der Waals surface area contributed by atoms with Crippen molar-refractivity contribution in [1.29, 1.82) is 0 Å². The molecule has 0 saturated heterocycles. The molecule has 0 aliphatic heterocycles. The van der Waals surface area contributed by atoms with Crippen LogP contribution in [0.1, 0.15) is 13.8 Å². The Morgan fingerprint density at radius 2 is 1.62 bits per heavy atom. The van der Waals surface area contributed by atoms with Crippen LogP contribution in [0.4, 0.5) is 0 Å². The molecule has 0 heterocycles. The van der Waals surface area contributed by atoms with Crippen molar-refractivity contribution in [2.45, 2.75) is 19.5 Å². The Morgan fingerprint density at radius 3 is 2.00 bits per heavy atom. The maximum absolute atomic E-state index is 12.1. The van der Waals surface area contributed by atoms with E-state index in [1.165, 1.54) is 0 Å². The maximum Gasteiger partial charge on any atom is 0.341 e. The molecule has 0 radical (unpaired) electrons. The lowest BCUT2D eigenvalue weighted by Crippen LogP contribution is -2.07. The van der Waals surface area contributed by atoms with Crippen molar-refractivity contribution in [3.63, 3.8) is 0 Å². The van der Waals surface area contributed by atoms with E-state index in [0.717, 1.165) is 0 Å². The van der Waals surface area contributed by atoms with Crippen LogP contribution in [0.15, 0.2) is 24.3 Å². The normalized spacial score (nSPS) is 17.1. The summed E-state index contributed by atoms with van der Waals surface area (Å²) in [5.74, 6) is 0. The van der Waals surface area contributed by atoms with Crippen LogP contribution in [0.25, 0.3) is 0 Å². The van der Waals surface area contributed by atoms with Gasteiger partial charge in [0.05, 0.1) is 18.9 Å². The molecule has 0 aromatic rings. The molecular formula is C9H15O3P. The Hall–Kier alpha value is -0.370. The zero-order valence-electron chi connectivity index (χ0n) is 7.97. The van der Waals surface area contributed by atoms with Crippen molar-refractivity contribution < 1.29 is 13.6 Å². The highest BCUT2D eigenvalue weighted by Gasteiger charge is 2.32. The number of hydrogen-bond acceptors (Lipinski definition) is 3. The van der Waals surface area contributed by atoms with Crippen molar-refractivity contribution in [2.75, 3.05) is 13.2 Å². The first-order chi connectivity index (χ1) is 6.23. The second kappa shape index (κ2) is 4.75. The van der Waals surface area contributed by atoms with E-state index in [0.29, 0.717) is 13.2 Å². The van der Waals surface area contributed by atoms with Gasteiger partial charge in [-0.25, -0.2) is 0 Å². The smallest absolute Gasteiger partial charge is 0.308 e. The van der Waals surface area contributed by atoms with Gasteiger partial charge in [0, 0.05) is 0 Å². The molecule has 3 nitrogen and oxygen atoms in total. The Labute approximate surface area is 79.0 Å². The molecule has 0 N–H and O–H groups in total. The molecule has 74 valence electrons. The second-order valence-electron chi connectivity index (χ2n) is 2.64. The van der Waals surface area contributed by atoms with Gasteiger partial charge in [-0.1, -0.05) is 24.3 Å². The molecule has 1 aliphatic carbocycles. The lowest BCUT2D eigenvalue weighted by Gasteiger charge is -2.20. The Kier molecular flexibility index (Phi) is 3.91. The standard InChI is InChI=1S/C9H15O3P/c1-3-11-13(10,12-4-2)9-7-5-6-8-9/h5-9H,3-4H2,1-2H3. The molecule has 0 bridgehead atoms. The molecule has 0 aromatic heterocycles. The molecule has 0 unspecified atom stereocenters. The fourth-order valence-corrected chi connectivity index (χ4v) is 2.96. The van der Waals surface area contributed by atoms with E-state index in [4.69, 9.17) is 9.05 Å². The summed E-state index contributed by atoms with van der Waals surface area (Å²) in [5.41, 5.74) is -0.201. The van der Waals surface area contributed by atoms with E-state index in [-0.39, 0.29) is 5.66 Å². The summed E-state index contributed by atoms with van der Waals surface area (Å²) in [6.45, 7) is 4.45. The third kappa shape index (κ3) is 2.53. The Bertz CT molecular complexity index is 236. The molecule has 1 rings (SSSR count). The number of rotatable bonds is 5. The molecule has 1 aliphatic rings. The zero-order chi connectivity index (χ0) is 9.73. The predicted molar refractivity (Wildman–Crippen MR) is 52.9 cm³/mol. The van der Waals surface area contributed by atoms with Crippen molar-refractivity contribution in [1.82, 2.24) is 0 Å². The predicted octanol–water partition coefficient (Wildman–Crippen LogP) is 2.75. The zero-order valence-corrected chi connectivity index (χ0v) is 8.87. The number of hydrogen-bond donors (Lipinski definition) is 0. The molecule has 4 heteroatoms. The van der Waals surface area contributed by atoms with E-state index in [1.54, 1.807) is 0 Å². The third-order valence-corrected chi connectivity index (χ3v) is 4.02. The van der Waals surface area contributed by atoms with Gasteiger partial charge in [-0.2, -0.15) is 0 Å². The van der Waals surface area contributed by atoms with Gasteiger partial charge < -0.3 is 9.05 Å². The summed E-state index contributed by atoms with van der Waals surface area (Å²) < 4.78 is 22.4. The van der Waals surface area contributed by atoms with Gasteiger partial charge in [0.1, 0.15) is 0 Å². The molecule has 0 fully saturated rings. The van der Waals surface area contributed by atoms with Gasteiger partial charge in [-0.15, -0.1) is 0 Å². The summed E-state index contributed by atoms with van der Waals surface area (Å²) in [6, 6.07) is 0. The fourth-order valence-electron chi connectivity index (χ4n) is 1.20. The average molecular weight is 202 g/mol. The molecular weight excluding hydrogens is 187 g/mol. The molecule has 13 heavy (non-hydrogen) atoms. The van der Waals surface area contributed by atoms with Crippen LogP contribution < -0.4 is 0 Å². The van der Waals surface area contributed by atoms with Gasteiger partial charge in [-0.3, -0.25) is 4.57 Å². The topological polar surface area (TPSA) is 35.5 Å². The van der Waals surface area contributed by atoms with Crippen LogP contribution >= 0.6 is 7.60 Å². The molecule has 0 amide bonds. The Balaban J connectivity index is 2.71. The van der Waals surface area contributed by atoms with Crippen LogP contribution in [-0.4, -0.2) is 18.9 Å². The highest BCUT2D eigenvalue weighted by Crippen LogP contribution is 2.54. The lowest BCUT2D eigenvalue weighted by molar-refractivity contribution is 0.218. The first kappa shape index (κ1) is 10.7. The minimum Gasteiger partial charge on any atom is -0.308 e.